The van der Waals surface area contributed by atoms with Crippen molar-refractivity contribution in [1.29, 1.82) is 0 Å². The number of halogens is 3. The number of likely N-dealkylation sites (N-methyl/N-ethyl adjacent to an activating group) is 1. The molecule has 1 saturated carbocycles. The van der Waals surface area contributed by atoms with Gasteiger partial charge in [0.2, 0.25) is 0 Å². The van der Waals surface area contributed by atoms with Crippen LogP contribution >= 0.6 is 0 Å². The number of aromatic amines is 1. The Labute approximate surface area is 276 Å². The molecule has 2 aliphatic rings. The van der Waals surface area contributed by atoms with E-state index in [1.165, 1.54) is 12.1 Å². The van der Waals surface area contributed by atoms with Crippen LogP contribution in [-0.4, -0.2) is 39.2 Å². The molecule has 9 heteroatoms. The van der Waals surface area contributed by atoms with E-state index in [2.05, 4.69) is 52.5 Å². The largest absolute Gasteiger partial charge is 0.433 e. The average Bonchev–Trinajstić information content (AvgIpc) is 3.53. The van der Waals surface area contributed by atoms with Gasteiger partial charge in [0.1, 0.15) is 5.69 Å². The third-order valence-corrected chi connectivity index (χ3v) is 10.0. The molecule has 6 nitrogen and oxygen atoms in total. The van der Waals surface area contributed by atoms with E-state index in [4.69, 9.17) is 0 Å². The molecule has 4 aromatic carbocycles. The Morgan fingerprint density at radius 2 is 1.38 bits per heavy atom. The third kappa shape index (κ3) is 5.27. The molecule has 1 fully saturated rings. The molecule has 0 bridgehead atoms. The molecule has 0 saturated heterocycles. The number of para-hydroxylation sites is 2. The minimum Gasteiger partial charge on any atom is -0.392 e. The van der Waals surface area contributed by atoms with Gasteiger partial charge in [-0.15, -0.1) is 0 Å². The second kappa shape index (κ2) is 12.0. The van der Waals surface area contributed by atoms with Crippen LogP contribution in [0.5, 0.6) is 0 Å². The molecule has 3 atom stereocenters. The topological polar surface area (TPSA) is 81.5 Å². The second-order valence-corrected chi connectivity index (χ2v) is 13.0. The standard InChI is InChI=1S/C39H36F3N3O3/c1-24-17-19-26(20-18-24)23-38(22-25-11-5-3-6-12-25)29-15-9-10-16-30(29)44(2)31(38)21-28-34(46)32(35(28)47)33-36(39(40,41)42)43-45(37(33)48)27-13-7-4-8-14-27/h3-21,28,32,34-35,43,46-47H,22-23H2,1-2H3. The Bertz CT molecular complexity index is 2010. The predicted molar refractivity (Wildman–Crippen MR) is 179 cm³/mol. The van der Waals surface area contributed by atoms with Crippen LogP contribution in [0.1, 0.15) is 39.4 Å². The zero-order chi connectivity index (χ0) is 33.8. The summed E-state index contributed by atoms with van der Waals surface area (Å²) in [6, 6.07) is 34.4. The molecule has 3 N–H and O–H groups in total. The number of nitrogens with zero attached hydrogens (tertiary/aromatic N) is 2. The van der Waals surface area contributed by atoms with Crippen molar-refractivity contribution in [2.45, 2.75) is 49.5 Å². The van der Waals surface area contributed by atoms with Crippen LogP contribution in [0.2, 0.25) is 0 Å². The Kier molecular flexibility index (Phi) is 7.92. The van der Waals surface area contributed by atoms with Crippen molar-refractivity contribution in [3.63, 3.8) is 0 Å². The molecule has 48 heavy (non-hydrogen) atoms. The van der Waals surface area contributed by atoms with Gasteiger partial charge in [-0.3, -0.25) is 9.89 Å². The number of aliphatic hydroxyl groups excluding tert-OH is 2. The van der Waals surface area contributed by atoms with Crippen LogP contribution < -0.4 is 10.5 Å². The van der Waals surface area contributed by atoms with E-state index < -0.39 is 52.5 Å². The number of H-pyrrole nitrogens is 1. The molecule has 1 aliphatic heterocycles. The van der Waals surface area contributed by atoms with Crippen molar-refractivity contribution in [2.75, 3.05) is 11.9 Å². The molecule has 1 aliphatic carbocycles. The summed E-state index contributed by atoms with van der Waals surface area (Å²) in [7, 11) is 1.94. The number of benzene rings is 4. The molecule has 1 aromatic heterocycles. The highest BCUT2D eigenvalue weighted by atomic mass is 19.4. The number of nitrogens with one attached hydrogen (secondary N) is 1. The van der Waals surface area contributed by atoms with E-state index >= 15 is 0 Å². The van der Waals surface area contributed by atoms with Gasteiger partial charge in [0.15, 0.2) is 0 Å². The predicted octanol–water partition coefficient (Wildman–Crippen LogP) is 6.69. The molecule has 0 spiro atoms. The van der Waals surface area contributed by atoms with Crippen molar-refractivity contribution in [3.8, 4) is 5.69 Å². The van der Waals surface area contributed by atoms with E-state index in [1.54, 1.807) is 18.2 Å². The number of alkyl halides is 3. The van der Waals surface area contributed by atoms with Gasteiger partial charge < -0.3 is 15.1 Å². The Morgan fingerprint density at radius 3 is 2.00 bits per heavy atom. The summed E-state index contributed by atoms with van der Waals surface area (Å²) in [5.41, 5.74) is 2.92. The number of hydrogen-bond acceptors (Lipinski definition) is 4. The summed E-state index contributed by atoms with van der Waals surface area (Å²) in [4.78, 5) is 15.6. The van der Waals surface area contributed by atoms with Crippen molar-refractivity contribution in [3.05, 3.63) is 165 Å². The maximum absolute atomic E-state index is 14.3. The number of hydrogen-bond donors (Lipinski definition) is 3. The lowest BCUT2D eigenvalue weighted by Gasteiger charge is -2.46. The summed E-state index contributed by atoms with van der Waals surface area (Å²) >= 11 is 0. The Balaban J connectivity index is 1.33. The fraction of sp³-hybridized carbons (Fsp3) is 0.256. The smallest absolute Gasteiger partial charge is 0.392 e. The van der Waals surface area contributed by atoms with Crippen LogP contribution in [0.15, 0.2) is 126 Å². The van der Waals surface area contributed by atoms with Gasteiger partial charge in [0, 0.05) is 35.7 Å². The molecule has 246 valence electrons. The van der Waals surface area contributed by atoms with Crippen LogP contribution in [0.25, 0.3) is 5.69 Å². The molecule has 3 unspecified atom stereocenters. The highest BCUT2D eigenvalue weighted by molar-refractivity contribution is 5.71. The van der Waals surface area contributed by atoms with Crippen LogP contribution in [-0.2, 0) is 24.4 Å². The van der Waals surface area contributed by atoms with Crippen LogP contribution in [0.4, 0.5) is 18.9 Å². The van der Waals surface area contributed by atoms with Crippen molar-refractivity contribution >= 4 is 5.69 Å². The summed E-state index contributed by atoms with van der Waals surface area (Å²) in [5.74, 6) is -2.36. The van der Waals surface area contributed by atoms with Gasteiger partial charge in [0.05, 0.1) is 23.5 Å². The van der Waals surface area contributed by atoms with Crippen LogP contribution in [0.3, 0.4) is 0 Å². The maximum atomic E-state index is 14.3. The second-order valence-electron chi connectivity index (χ2n) is 13.0. The van der Waals surface area contributed by atoms with Gasteiger partial charge in [-0.2, -0.15) is 13.2 Å². The van der Waals surface area contributed by atoms with Gasteiger partial charge in [-0.1, -0.05) is 103 Å². The number of rotatable bonds is 7. The lowest BCUT2D eigenvalue weighted by Crippen LogP contribution is -2.55. The minimum absolute atomic E-state index is 0.216. The molecule has 0 radical (unpaired) electrons. The van der Waals surface area contributed by atoms with E-state index in [0.29, 0.717) is 12.8 Å². The van der Waals surface area contributed by atoms with Crippen molar-refractivity contribution in [2.24, 2.45) is 5.92 Å². The maximum Gasteiger partial charge on any atom is 0.433 e. The Morgan fingerprint density at radius 1 is 0.812 bits per heavy atom. The zero-order valence-electron chi connectivity index (χ0n) is 26.5. The quantitative estimate of drug-likeness (QED) is 0.183. The van der Waals surface area contributed by atoms with Crippen molar-refractivity contribution in [1.82, 2.24) is 9.78 Å². The first-order chi connectivity index (χ1) is 23.0. The number of allylic oxidation sites excluding steroid dienone is 1. The molecule has 0 amide bonds. The number of aryl methyl sites for hydroxylation is 1. The van der Waals surface area contributed by atoms with Gasteiger partial charge in [-0.05, 0) is 54.7 Å². The van der Waals surface area contributed by atoms with E-state index in [-0.39, 0.29) is 5.69 Å². The first kappa shape index (κ1) is 31.7. The molecular formula is C39H36F3N3O3. The van der Waals surface area contributed by atoms with Gasteiger partial charge >= 0.3 is 6.18 Å². The number of aromatic nitrogens is 2. The minimum atomic E-state index is -4.91. The summed E-state index contributed by atoms with van der Waals surface area (Å²) in [5, 5.41) is 25.4. The van der Waals surface area contributed by atoms with E-state index in [0.717, 1.165) is 38.3 Å². The highest BCUT2D eigenvalue weighted by Crippen LogP contribution is 2.54. The van der Waals surface area contributed by atoms with E-state index in [1.807, 2.05) is 56.4 Å². The fourth-order valence-electron chi connectivity index (χ4n) is 7.66. The summed E-state index contributed by atoms with van der Waals surface area (Å²) < 4.78 is 43.8. The molecule has 5 aromatic rings. The zero-order valence-corrected chi connectivity index (χ0v) is 26.5. The monoisotopic (exact) mass is 651 g/mol. The average molecular weight is 652 g/mol. The number of fused-ring (bicyclic) bond motifs is 1. The van der Waals surface area contributed by atoms with Crippen molar-refractivity contribution < 1.29 is 23.4 Å². The highest BCUT2D eigenvalue weighted by Gasteiger charge is 2.55. The first-order valence-corrected chi connectivity index (χ1v) is 16.0. The lowest BCUT2D eigenvalue weighted by molar-refractivity contribution is -0.145. The van der Waals surface area contributed by atoms with Gasteiger partial charge in [0.25, 0.3) is 5.56 Å². The summed E-state index contributed by atoms with van der Waals surface area (Å²) in [6.45, 7) is 2.03. The summed E-state index contributed by atoms with van der Waals surface area (Å²) in [6.07, 6.45) is -4.76. The molecule has 7 rings (SSSR count). The lowest BCUT2D eigenvalue weighted by atomic mass is 9.63. The number of anilines is 1. The third-order valence-electron chi connectivity index (χ3n) is 10.0. The fourth-order valence-corrected chi connectivity index (χ4v) is 7.66. The molecule has 2 heterocycles. The first-order valence-electron chi connectivity index (χ1n) is 16.0. The Hall–Kier alpha value is -4.86. The SMILES string of the molecule is Cc1ccc(CC2(Cc3ccccc3)C(=CC3C(O)C(c4c(C(F)(F)F)[nH]n(-c5ccccc5)c4=O)C3O)N(C)c3ccccc32)cc1. The molecular weight excluding hydrogens is 615 g/mol. The normalized spacial score (nSPS) is 24.5. The number of aliphatic hydroxyl groups is 2. The van der Waals surface area contributed by atoms with E-state index in [9.17, 15) is 28.2 Å². The van der Waals surface area contributed by atoms with Gasteiger partial charge in [-0.25, -0.2) is 4.68 Å². The van der Waals surface area contributed by atoms with Crippen LogP contribution in [0, 0.1) is 12.8 Å².